The minimum absolute atomic E-state index is 0. The van der Waals surface area contributed by atoms with Crippen LogP contribution in [0.1, 0.15) is 18.9 Å². The van der Waals surface area contributed by atoms with Crippen molar-refractivity contribution in [1.82, 2.24) is 10.6 Å². The second-order valence-electron chi connectivity index (χ2n) is 3.94. The molecule has 1 aromatic carbocycles. The standard InChI is InChI=1S/C13H20Cl2N2O.2ClH/c1-3-18-13-10(7-11(14)8-12(13)15)9-17-6-4-5-16-2;;/h7-8,16-17H,3-6,9H2,1-2H3;2*1H. The molecule has 3 nitrogen and oxygen atoms in total. The lowest BCUT2D eigenvalue weighted by molar-refractivity contribution is 0.335. The van der Waals surface area contributed by atoms with E-state index in [1.165, 1.54) is 0 Å². The first-order valence-corrected chi connectivity index (χ1v) is 6.90. The van der Waals surface area contributed by atoms with Gasteiger partial charge in [-0.3, -0.25) is 0 Å². The Morgan fingerprint density at radius 3 is 2.45 bits per heavy atom. The first-order valence-electron chi connectivity index (χ1n) is 6.15. The van der Waals surface area contributed by atoms with Crippen LogP contribution in [0.15, 0.2) is 12.1 Å². The van der Waals surface area contributed by atoms with Crippen LogP contribution >= 0.6 is 48.0 Å². The van der Waals surface area contributed by atoms with E-state index >= 15 is 0 Å². The molecule has 0 aliphatic rings. The molecular formula is C13H22Cl4N2O. The van der Waals surface area contributed by atoms with Gasteiger partial charge in [0.1, 0.15) is 5.75 Å². The Morgan fingerprint density at radius 1 is 1.15 bits per heavy atom. The molecule has 0 radical (unpaired) electrons. The minimum atomic E-state index is 0. The molecule has 0 aromatic heterocycles. The first kappa shape index (κ1) is 22.4. The third-order valence-electron chi connectivity index (χ3n) is 2.47. The van der Waals surface area contributed by atoms with E-state index < -0.39 is 0 Å². The molecule has 0 amide bonds. The Kier molecular flexibility index (Phi) is 14.3. The van der Waals surface area contributed by atoms with Gasteiger partial charge in [-0.1, -0.05) is 23.2 Å². The summed E-state index contributed by atoms with van der Waals surface area (Å²) in [7, 11) is 1.95. The van der Waals surface area contributed by atoms with Crippen molar-refractivity contribution in [2.24, 2.45) is 0 Å². The second kappa shape index (κ2) is 12.8. The summed E-state index contributed by atoms with van der Waals surface area (Å²) in [6.07, 6.45) is 1.08. The number of hydrogen-bond donors (Lipinski definition) is 2. The van der Waals surface area contributed by atoms with Crippen molar-refractivity contribution >= 4 is 48.0 Å². The predicted octanol–water partition coefficient (Wildman–Crippen LogP) is 3.93. The van der Waals surface area contributed by atoms with E-state index in [1.807, 2.05) is 20.0 Å². The van der Waals surface area contributed by atoms with Crippen LogP contribution < -0.4 is 15.4 Å². The van der Waals surface area contributed by atoms with Gasteiger partial charge in [-0.2, -0.15) is 0 Å². The highest BCUT2D eigenvalue weighted by atomic mass is 35.5. The fraction of sp³-hybridized carbons (Fsp3) is 0.538. The second-order valence-corrected chi connectivity index (χ2v) is 4.79. The number of ether oxygens (including phenoxy) is 1. The summed E-state index contributed by atoms with van der Waals surface area (Å²) in [5.41, 5.74) is 0.999. The molecule has 7 heteroatoms. The zero-order valence-corrected chi connectivity index (χ0v) is 14.8. The van der Waals surface area contributed by atoms with Crippen molar-refractivity contribution in [3.05, 3.63) is 27.7 Å². The molecule has 0 fully saturated rings. The Labute approximate surface area is 143 Å². The maximum atomic E-state index is 6.13. The molecule has 118 valence electrons. The molecule has 0 bridgehead atoms. The molecule has 0 heterocycles. The summed E-state index contributed by atoms with van der Waals surface area (Å²) in [5, 5.41) is 7.66. The fourth-order valence-electron chi connectivity index (χ4n) is 1.66. The third kappa shape index (κ3) is 7.77. The summed E-state index contributed by atoms with van der Waals surface area (Å²) in [5.74, 6) is 0.727. The van der Waals surface area contributed by atoms with Crippen molar-refractivity contribution in [2.45, 2.75) is 19.9 Å². The van der Waals surface area contributed by atoms with Gasteiger partial charge in [0.25, 0.3) is 0 Å². The average Bonchev–Trinajstić information content (AvgIpc) is 2.33. The topological polar surface area (TPSA) is 33.3 Å². The molecule has 0 spiro atoms. The van der Waals surface area contributed by atoms with Gasteiger partial charge < -0.3 is 15.4 Å². The number of benzene rings is 1. The minimum Gasteiger partial charge on any atom is -0.492 e. The molecule has 2 N–H and O–H groups in total. The van der Waals surface area contributed by atoms with E-state index in [9.17, 15) is 0 Å². The van der Waals surface area contributed by atoms with Crippen LogP contribution in [-0.2, 0) is 6.54 Å². The van der Waals surface area contributed by atoms with E-state index in [0.717, 1.165) is 30.8 Å². The highest BCUT2D eigenvalue weighted by Crippen LogP contribution is 2.32. The SMILES string of the molecule is CCOc1c(Cl)cc(Cl)cc1CNCCCNC.Cl.Cl. The zero-order valence-electron chi connectivity index (χ0n) is 11.7. The Morgan fingerprint density at radius 2 is 1.85 bits per heavy atom. The normalized spacial score (nSPS) is 9.60. The number of halogens is 4. The van der Waals surface area contributed by atoms with Crippen molar-refractivity contribution in [3.8, 4) is 5.75 Å². The summed E-state index contributed by atoms with van der Waals surface area (Å²) in [4.78, 5) is 0. The summed E-state index contributed by atoms with van der Waals surface area (Å²) in [6.45, 7) is 5.18. The van der Waals surface area contributed by atoms with Crippen molar-refractivity contribution in [1.29, 1.82) is 0 Å². The predicted molar refractivity (Wildman–Crippen MR) is 92.4 cm³/mol. The van der Waals surface area contributed by atoms with Gasteiger partial charge in [-0.05, 0) is 45.6 Å². The molecule has 0 unspecified atom stereocenters. The molecule has 20 heavy (non-hydrogen) atoms. The summed E-state index contributed by atoms with van der Waals surface area (Å²) >= 11 is 12.1. The first-order chi connectivity index (χ1) is 8.69. The van der Waals surface area contributed by atoms with E-state index in [4.69, 9.17) is 27.9 Å². The van der Waals surface area contributed by atoms with Crippen LogP contribution in [-0.4, -0.2) is 26.7 Å². The number of hydrogen-bond acceptors (Lipinski definition) is 3. The van der Waals surface area contributed by atoms with Crippen LogP contribution in [0, 0.1) is 0 Å². The zero-order chi connectivity index (χ0) is 13.4. The van der Waals surface area contributed by atoms with Crippen LogP contribution in [0.4, 0.5) is 0 Å². The van der Waals surface area contributed by atoms with Crippen LogP contribution in [0.25, 0.3) is 0 Å². The van der Waals surface area contributed by atoms with E-state index in [2.05, 4.69) is 10.6 Å². The molecule has 0 saturated heterocycles. The maximum absolute atomic E-state index is 6.13. The van der Waals surface area contributed by atoms with Gasteiger partial charge in [-0.25, -0.2) is 0 Å². The van der Waals surface area contributed by atoms with Gasteiger partial charge in [0, 0.05) is 17.1 Å². The Balaban J connectivity index is 0. The molecular weight excluding hydrogens is 342 g/mol. The average molecular weight is 364 g/mol. The largest absolute Gasteiger partial charge is 0.492 e. The molecule has 1 rings (SSSR count). The van der Waals surface area contributed by atoms with Crippen molar-refractivity contribution in [2.75, 3.05) is 26.7 Å². The van der Waals surface area contributed by atoms with E-state index in [0.29, 0.717) is 23.2 Å². The van der Waals surface area contributed by atoms with Gasteiger partial charge in [0.05, 0.1) is 11.6 Å². The maximum Gasteiger partial charge on any atom is 0.142 e. The lowest BCUT2D eigenvalue weighted by Gasteiger charge is -2.13. The fourth-order valence-corrected chi connectivity index (χ4v) is 2.25. The van der Waals surface area contributed by atoms with Crippen LogP contribution in [0.3, 0.4) is 0 Å². The van der Waals surface area contributed by atoms with E-state index in [-0.39, 0.29) is 24.8 Å². The third-order valence-corrected chi connectivity index (χ3v) is 2.97. The Hall–Kier alpha value is 0.1000. The lowest BCUT2D eigenvalue weighted by Crippen LogP contribution is -2.19. The van der Waals surface area contributed by atoms with Crippen molar-refractivity contribution in [3.63, 3.8) is 0 Å². The highest BCUT2D eigenvalue weighted by Gasteiger charge is 2.09. The molecule has 1 aromatic rings. The monoisotopic (exact) mass is 362 g/mol. The Bertz CT molecular complexity index is 378. The highest BCUT2D eigenvalue weighted by molar-refractivity contribution is 6.35. The quantitative estimate of drug-likeness (QED) is 0.686. The molecule has 0 aliphatic carbocycles. The van der Waals surface area contributed by atoms with Gasteiger partial charge >= 0.3 is 0 Å². The molecule has 0 aliphatic heterocycles. The smallest absolute Gasteiger partial charge is 0.142 e. The summed E-state index contributed by atoms with van der Waals surface area (Å²) < 4.78 is 5.56. The van der Waals surface area contributed by atoms with Crippen LogP contribution in [0.2, 0.25) is 10.0 Å². The number of nitrogens with one attached hydrogen (secondary N) is 2. The van der Waals surface area contributed by atoms with Gasteiger partial charge in [0.2, 0.25) is 0 Å². The van der Waals surface area contributed by atoms with Gasteiger partial charge in [-0.15, -0.1) is 24.8 Å². The molecule has 0 atom stereocenters. The van der Waals surface area contributed by atoms with Crippen LogP contribution in [0.5, 0.6) is 5.75 Å². The lowest BCUT2D eigenvalue weighted by atomic mass is 10.2. The van der Waals surface area contributed by atoms with E-state index in [1.54, 1.807) is 6.07 Å². The summed E-state index contributed by atoms with van der Waals surface area (Å²) in [6, 6.07) is 3.60. The van der Waals surface area contributed by atoms with Crippen molar-refractivity contribution < 1.29 is 4.74 Å². The van der Waals surface area contributed by atoms with Gasteiger partial charge in [0.15, 0.2) is 0 Å². The molecule has 0 saturated carbocycles. The number of rotatable bonds is 8.